The molecule has 0 spiro atoms. The lowest BCUT2D eigenvalue weighted by atomic mass is 10.2. The second-order valence-corrected chi connectivity index (χ2v) is 7.93. The van der Waals surface area contributed by atoms with Gasteiger partial charge in [0.05, 0.1) is 10.7 Å². The number of non-ortho nitro benzene ring substituents is 1. The van der Waals surface area contributed by atoms with Gasteiger partial charge in [0, 0.05) is 57.0 Å². The first kappa shape index (κ1) is 20.1. The largest absolute Gasteiger partial charge is 0.368 e. The van der Waals surface area contributed by atoms with Crippen LogP contribution in [0.4, 0.5) is 11.4 Å². The van der Waals surface area contributed by atoms with Gasteiger partial charge in [0.2, 0.25) is 5.91 Å². The highest BCUT2D eigenvalue weighted by Crippen LogP contribution is 2.22. The van der Waals surface area contributed by atoms with Crippen LogP contribution in [0.1, 0.15) is 25.6 Å². The molecule has 10 heteroatoms. The van der Waals surface area contributed by atoms with Gasteiger partial charge < -0.3 is 14.4 Å². The van der Waals surface area contributed by atoms with Gasteiger partial charge in [-0.1, -0.05) is 25.6 Å². The lowest BCUT2D eigenvalue weighted by molar-refractivity contribution is -0.384. The summed E-state index contributed by atoms with van der Waals surface area (Å²) >= 11 is 1.41. The van der Waals surface area contributed by atoms with Gasteiger partial charge in [-0.05, 0) is 12.1 Å². The van der Waals surface area contributed by atoms with E-state index in [1.165, 1.54) is 23.9 Å². The molecule has 1 aliphatic heterocycles. The van der Waals surface area contributed by atoms with Crippen LogP contribution in [0.5, 0.6) is 0 Å². The second kappa shape index (κ2) is 8.59. The second-order valence-electron chi connectivity index (χ2n) is 6.98. The number of anilines is 1. The first-order valence-corrected chi connectivity index (χ1v) is 10.1. The molecular formula is C18H24N6O3S. The number of hydrogen-bond acceptors (Lipinski definition) is 7. The molecule has 28 heavy (non-hydrogen) atoms. The van der Waals surface area contributed by atoms with Gasteiger partial charge in [0.25, 0.3) is 5.69 Å². The molecule has 1 saturated heterocycles. The van der Waals surface area contributed by atoms with E-state index in [-0.39, 0.29) is 17.5 Å². The molecule has 0 saturated carbocycles. The number of benzene rings is 1. The molecule has 1 aliphatic rings. The van der Waals surface area contributed by atoms with Crippen molar-refractivity contribution in [2.45, 2.75) is 24.9 Å². The minimum Gasteiger partial charge on any atom is -0.368 e. The average Bonchev–Trinajstić information content (AvgIpc) is 3.07. The van der Waals surface area contributed by atoms with Crippen molar-refractivity contribution in [2.24, 2.45) is 7.05 Å². The van der Waals surface area contributed by atoms with E-state index in [4.69, 9.17) is 0 Å². The molecule has 0 unspecified atom stereocenters. The Morgan fingerprint density at radius 2 is 1.82 bits per heavy atom. The highest BCUT2D eigenvalue weighted by atomic mass is 32.2. The van der Waals surface area contributed by atoms with E-state index in [9.17, 15) is 14.9 Å². The van der Waals surface area contributed by atoms with Crippen molar-refractivity contribution in [1.82, 2.24) is 19.7 Å². The Hall–Kier alpha value is -2.62. The zero-order valence-corrected chi connectivity index (χ0v) is 17.1. The topological polar surface area (TPSA) is 97.4 Å². The number of aromatic nitrogens is 3. The molecule has 150 valence electrons. The Bertz CT molecular complexity index is 844. The van der Waals surface area contributed by atoms with Crippen LogP contribution >= 0.6 is 11.8 Å². The number of nitro benzene ring substituents is 1. The third-order valence-electron chi connectivity index (χ3n) is 4.77. The van der Waals surface area contributed by atoms with Gasteiger partial charge >= 0.3 is 0 Å². The van der Waals surface area contributed by atoms with Gasteiger partial charge in [-0.25, -0.2) is 0 Å². The van der Waals surface area contributed by atoms with Gasteiger partial charge in [-0.3, -0.25) is 14.9 Å². The van der Waals surface area contributed by atoms with Crippen molar-refractivity contribution < 1.29 is 9.72 Å². The quantitative estimate of drug-likeness (QED) is 0.414. The molecule has 3 rings (SSSR count). The van der Waals surface area contributed by atoms with Crippen molar-refractivity contribution in [3.05, 3.63) is 40.2 Å². The van der Waals surface area contributed by atoms with Crippen molar-refractivity contribution in [2.75, 3.05) is 36.8 Å². The van der Waals surface area contributed by atoms with Crippen molar-refractivity contribution in [3.8, 4) is 0 Å². The molecule has 1 aromatic carbocycles. The molecule has 0 bridgehead atoms. The van der Waals surface area contributed by atoms with E-state index in [1.54, 1.807) is 12.1 Å². The van der Waals surface area contributed by atoms with E-state index >= 15 is 0 Å². The maximum Gasteiger partial charge on any atom is 0.269 e. The standard InChI is InChI=1S/C18H24N6O3S/c1-13(2)17-19-20-18(21(17)3)28-12-16(25)23-10-8-22(9-11-23)14-4-6-15(7-5-14)24(26)27/h4-7,13H,8-12H2,1-3H3. The van der Waals surface area contributed by atoms with E-state index in [0.717, 1.165) is 16.7 Å². The fourth-order valence-corrected chi connectivity index (χ4v) is 3.99. The Morgan fingerprint density at radius 3 is 2.36 bits per heavy atom. The van der Waals surface area contributed by atoms with Crippen molar-refractivity contribution in [1.29, 1.82) is 0 Å². The molecule has 0 N–H and O–H groups in total. The molecular weight excluding hydrogens is 380 g/mol. The minimum absolute atomic E-state index is 0.0824. The van der Waals surface area contributed by atoms with Crippen LogP contribution in [-0.4, -0.2) is 62.4 Å². The first-order chi connectivity index (χ1) is 13.4. The predicted molar refractivity (Wildman–Crippen MR) is 108 cm³/mol. The Morgan fingerprint density at radius 1 is 1.18 bits per heavy atom. The fourth-order valence-electron chi connectivity index (χ4n) is 3.17. The molecule has 1 aromatic heterocycles. The number of nitrogens with zero attached hydrogens (tertiary/aromatic N) is 6. The van der Waals surface area contributed by atoms with Gasteiger partial charge in [0.15, 0.2) is 5.16 Å². The summed E-state index contributed by atoms with van der Waals surface area (Å²) in [4.78, 5) is 26.9. The summed E-state index contributed by atoms with van der Waals surface area (Å²) in [5, 5.41) is 19.9. The normalized spacial score (nSPS) is 14.6. The van der Waals surface area contributed by atoms with Gasteiger partial charge in [-0.15, -0.1) is 10.2 Å². The Kier molecular flexibility index (Phi) is 6.18. The maximum absolute atomic E-state index is 12.5. The lowest BCUT2D eigenvalue weighted by Gasteiger charge is -2.36. The van der Waals surface area contributed by atoms with Crippen LogP contribution in [0.2, 0.25) is 0 Å². The van der Waals surface area contributed by atoms with E-state index in [0.29, 0.717) is 31.9 Å². The minimum atomic E-state index is -0.403. The van der Waals surface area contributed by atoms with E-state index in [1.807, 2.05) is 16.5 Å². The number of carbonyl (C=O) groups is 1. The summed E-state index contributed by atoms with van der Waals surface area (Å²) in [5.74, 6) is 1.62. The van der Waals surface area contributed by atoms with Gasteiger partial charge in [0.1, 0.15) is 5.82 Å². The molecule has 0 radical (unpaired) electrons. The van der Waals surface area contributed by atoms with Crippen LogP contribution in [0.25, 0.3) is 0 Å². The van der Waals surface area contributed by atoms with E-state index in [2.05, 4.69) is 28.9 Å². The summed E-state index contributed by atoms with van der Waals surface area (Å²) in [6.07, 6.45) is 0. The molecule has 2 heterocycles. The maximum atomic E-state index is 12.5. The van der Waals surface area contributed by atoms with Crippen LogP contribution in [0.15, 0.2) is 29.4 Å². The monoisotopic (exact) mass is 404 g/mol. The average molecular weight is 404 g/mol. The highest BCUT2D eigenvalue weighted by Gasteiger charge is 2.22. The number of piperazine rings is 1. The predicted octanol–water partition coefficient (Wildman–Crippen LogP) is 2.29. The van der Waals surface area contributed by atoms with Crippen LogP contribution in [-0.2, 0) is 11.8 Å². The number of carbonyl (C=O) groups excluding carboxylic acids is 1. The zero-order chi connectivity index (χ0) is 20.3. The summed E-state index contributed by atoms with van der Waals surface area (Å²) in [5.41, 5.74) is 1.02. The molecule has 1 fully saturated rings. The number of rotatable bonds is 6. The molecule has 0 atom stereocenters. The summed E-state index contributed by atoms with van der Waals surface area (Å²) in [6, 6.07) is 6.53. The molecule has 1 amide bonds. The first-order valence-electron chi connectivity index (χ1n) is 9.16. The SMILES string of the molecule is CC(C)c1nnc(SCC(=O)N2CCN(c3ccc([N+](=O)[O-])cc3)CC2)n1C. The van der Waals surface area contributed by atoms with Crippen molar-refractivity contribution in [3.63, 3.8) is 0 Å². The number of amides is 1. The van der Waals surface area contributed by atoms with Crippen LogP contribution in [0.3, 0.4) is 0 Å². The zero-order valence-electron chi connectivity index (χ0n) is 16.2. The van der Waals surface area contributed by atoms with E-state index < -0.39 is 4.92 Å². The highest BCUT2D eigenvalue weighted by molar-refractivity contribution is 7.99. The fraction of sp³-hybridized carbons (Fsp3) is 0.500. The van der Waals surface area contributed by atoms with Gasteiger partial charge in [-0.2, -0.15) is 0 Å². The molecule has 9 nitrogen and oxygen atoms in total. The molecule has 2 aromatic rings. The number of thioether (sulfide) groups is 1. The number of nitro groups is 1. The summed E-state index contributed by atoms with van der Waals surface area (Å²) < 4.78 is 1.94. The summed E-state index contributed by atoms with van der Waals surface area (Å²) in [7, 11) is 1.92. The number of hydrogen-bond donors (Lipinski definition) is 0. The van der Waals surface area contributed by atoms with Crippen molar-refractivity contribution >= 4 is 29.0 Å². The summed E-state index contributed by atoms with van der Waals surface area (Å²) in [6.45, 7) is 6.80. The smallest absolute Gasteiger partial charge is 0.269 e. The van der Waals surface area contributed by atoms with Crippen LogP contribution in [0, 0.1) is 10.1 Å². The lowest BCUT2D eigenvalue weighted by Crippen LogP contribution is -2.49. The third kappa shape index (κ3) is 4.44. The van der Waals surface area contributed by atoms with Crippen LogP contribution < -0.4 is 4.90 Å². The Balaban J connectivity index is 1.50. The third-order valence-corrected chi connectivity index (χ3v) is 5.77. The Labute approximate surface area is 167 Å². The molecule has 0 aliphatic carbocycles.